The number of nitrogens with one attached hydrogen (secondary N) is 1. The average Bonchev–Trinajstić information content (AvgIpc) is 2.77. The van der Waals surface area contributed by atoms with Gasteiger partial charge in [0.2, 0.25) is 5.95 Å². The van der Waals surface area contributed by atoms with Crippen molar-refractivity contribution in [1.82, 2.24) is 9.55 Å². The SMILES string of the molecule is CCCNc1nccn1Cc1ccccc1C. The average molecular weight is 229 g/mol. The Labute approximate surface area is 103 Å². The molecule has 0 unspecified atom stereocenters. The smallest absolute Gasteiger partial charge is 0.203 e. The molecular weight excluding hydrogens is 210 g/mol. The summed E-state index contributed by atoms with van der Waals surface area (Å²) in [6.07, 6.45) is 4.97. The van der Waals surface area contributed by atoms with E-state index in [1.807, 2.05) is 12.4 Å². The third-order valence-corrected chi connectivity index (χ3v) is 2.85. The van der Waals surface area contributed by atoms with Gasteiger partial charge >= 0.3 is 0 Å². The molecule has 90 valence electrons. The molecule has 1 aromatic heterocycles. The van der Waals surface area contributed by atoms with Gasteiger partial charge in [0.05, 0.1) is 6.54 Å². The topological polar surface area (TPSA) is 29.9 Å². The van der Waals surface area contributed by atoms with Crippen LogP contribution in [-0.2, 0) is 6.54 Å². The zero-order valence-electron chi connectivity index (χ0n) is 10.5. The molecule has 1 N–H and O–H groups in total. The molecule has 2 rings (SSSR count). The molecule has 1 aromatic carbocycles. The van der Waals surface area contributed by atoms with Crippen molar-refractivity contribution in [2.75, 3.05) is 11.9 Å². The fourth-order valence-electron chi connectivity index (χ4n) is 1.81. The molecule has 0 spiro atoms. The van der Waals surface area contributed by atoms with E-state index >= 15 is 0 Å². The van der Waals surface area contributed by atoms with Gasteiger partial charge in [-0.05, 0) is 24.5 Å². The highest BCUT2D eigenvalue weighted by Gasteiger charge is 2.03. The molecule has 0 atom stereocenters. The van der Waals surface area contributed by atoms with Gasteiger partial charge < -0.3 is 9.88 Å². The lowest BCUT2D eigenvalue weighted by Crippen LogP contribution is -2.09. The first-order valence-corrected chi connectivity index (χ1v) is 6.10. The van der Waals surface area contributed by atoms with Crippen LogP contribution in [0.5, 0.6) is 0 Å². The molecule has 0 amide bonds. The van der Waals surface area contributed by atoms with Crippen LogP contribution in [0.25, 0.3) is 0 Å². The zero-order valence-corrected chi connectivity index (χ0v) is 10.5. The van der Waals surface area contributed by atoms with E-state index in [0.717, 1.165) is 25.5 Å². The Hall–Kier alpha value is -1.77. The minimum atomic E-state index is 0.874. The Balaban J connectivity index is 2.13. The second kappa shape index (κ2) is 5.53. The first-order valence-electron chi connectivity index (χ1n) is 6.10. The summed E-state index contributed by atoms with van der Waals surface area (Å²) in [4.78, 5) is 4.33. The van der Waals surface area contributed by atoms with Crippen LogP contribution >= 0.6 is 0 Å². The molecule has 0 saturated carbocycles. The number of aromatic nitrogens is 2. The lowest BCUT2D eigenvalue weighted by Gasteiger charge is -2.10. The molecule has 0 fully saturated rings. The first kappa shape index (κ1) is 11.7. The number of benzene rings is 1. The van der Waals surface area contributed by atoms with E-state index in [4.69, 9.17) is 0 Å². The lowest BCUT2D eigenvalue weighted by molar-refractivity contribution is 0.788. The Bertz CT molecular complexity index is 474. The second-order valence-corrected chi connectivity index (χ2v) is 4.23. The van der Waals surface area contributed by atoms with E-state index in [1.165, 1.54) is 11.1 Å². The predicted octanol–water partition coefficient (Wildman–Crippen LogP) is 3.06. The monoisotopic (exact) mass is 229 g/mol. The number of rotatable bonds is 5. The van der Waals surface area contributed by atoms with Crippen LogP contribution in [0.1, 0.15) is 24.5 Å². The number of hydrogen-bond donors (Lipinski definition) is 1. The van der Waals surface area contributed by atoms with E-state index in [1.54, 1.807) is 0 Å². The fraction of sp³-hybridized carbons (Fsp3) is 0.357. The number of imidazole rings is 1. The van der Waals surface area contributed by atoms with E-state index < -0.39 is 0 Å². The number of nitrogens with zero attached hydrogens (tertiary/aromatic N) is 2. The molecule has 0 radical (unpaired) electrons. The van der Waals surface area contributed by atoms with E-state index in [9.17, 15) is 0 Å². The molecule has 2 aromatic rings. The highest BCUT2D eigenvalue weighted by Crippen LogP contribution is 2.12. The highest BCUT2D eigenvalue weighted by molar-refractivity contribution is 5.30. The molecule has 17 heavy (non-hydrogen) atoms. The van der Waals surface area contributed by atoms with Crippen molar-refractivity contribution in [3.8, 4) is 0 Å². The Morgan fingerprint density at radius 1 is 1.29 bits per heavy atom. The van der Waals surface area contributed by atoms with Crippen molar-refractivity contribution in [2.24, 2.45) is 0 Å². The van der Waals surface area contributed by atoms with Gasteiger partial charge in [-0.25, -0.2) is 4.98 Å². The van der Waals surface area contributed by atoms with Crippen LogP contribution in [0.3, 0.4) is 0 Å². The maximum absolute atomic E-state index is 4.33. The molecule has 0 aliphatic heterocycles. The first-order chi connectivity index (χ1) is 8.31. The van der Waals surface area contributed by atoms with Crippen LogP contribution in [0.15, 0.2) is 36.7 Å². The van der Waals surface area contributed by atoms with Crippen LogP contribution in [0.2, 0.25) is 0 Å². The highest BCUT2D eigenvalue weighted by atomic mass is 15.2. The van der Waals surface area contributed by atoms with Crippen molar-refractivity contribution in [1.29, 1.82) is 0 Å². The number of aryl methyl sites for hydroxylation is 1. The van der Waals surface area contributed by atoms with Crippen molar-refractivity contribution < 1.29 is 0 Å². The van der Waals surface area contributed by atoms with Crippen LogP contribution < -0.4 is 5.32 Å². The number of hydrogen-bond acceptors (Lipinski definition) is 2. The fourth-order valence-corrected chi connectivity index (χ4v) is 1.81. The maximum atomic E-state index is 4.33. The van der Waals surface area contributed by atoms with E-state index in [-0.39, 0.29) is 0 Å². The van der Waals surface area contributed by atoms with Crippen LogP contribution in [0, 0.1) is 6.92 Å². The van der Waals surface area contributed by atoms with Crippen molar-refractivity contribution in [2.45, 2.75) is 26.8 Å². The quantitative estimate of drug-likeness (QED) is 0.854. The summed E-state index contributed by atoms with van der Waals surface area (Å²) in [5.74, 6) is 0.954. The summed E-state index contributed by atoms with van der Waals surface area (Å²) >= 11 is 0. The number of anilines is 1. The van der Waals surface area contributed by atoms with Gasteiger partial charge in [0.15, 0.2) is 0 Å². The molecule has 0 aliphatic rings. The minimum Gasteiger partial charge on any atom is -0.356 e. The summed E-state index contributed by atoms with van der Waals surface area (Å²) in [6, 6.07) is 8.46. The zero-order chi connectivity index (χ0) is 12.1. The summed E-state index contributed by atoms with van der Waals surface area (Å²) < 4.78 is 2.15. The predicted molar refractivity (Wildman–Crippen MR) is 71.3 cm³/mol. The van der Waals surface area contributed by atoms with E-state index in [2.05, 4.69) is 53.0 Å². The molecule has 3 nitrogen and oxygen atoms in total. The van der Waals surface area contributed by atoms with Crippen LogP contribution in [-0.4, -0.2) is 16.1 Å². The normalized spacial score (nSPS) is 10.5. The van der Waals surface area contributed by atoms with E-state index in [0.29, 0.717) is 0 Å². The Kier molecular flexibility index (Phi) is 3.81. The molecular formula is C14H19N3. The van der Waals surface area contributed by atoms with Gasteiger partial charge in [0.1, 0.15) is 0 Å². The molecule has 3 heteroatoms. The summed E-state index contributed by atoms with van der Waals surface area (Å²) in [7, 11) is 0. The van der Waals surface area contributed by atoms with Gasteiger partial charge in [-0.2, -0.15) is 0 Å². The van der Waals surface area contributed by atoms with Crippen molar-refractivity contribution in [3.63, 3.8) is 0 Å². The van der Waals surface area contributed by atoms with Gasteiger partial charge in [0, 0.05) is 18.9 Å². The standard InChI is InChI=1S/C14H19N3/c1-3-8-15-14-16-9-10-17(14)11-13-7-5-4-6-12(13)2/h4-7,9-10H,3,8,11H2,1-2H3,(H,15,16). The summed E-state index contributed by atoms with van der Waals surface area (Å²) in [5, 5.41) is 3.33. The molecule has 0 aliphatic carbocycles. The third kappa shape index (κ3) is 2.87. The van der Waals surface area contributed by atoms with Gasteiger partial charge in [-0.15, -0.1) is 0 Å². The van der Waals surface area contributed by atoms with Gasteiger partial charge in [0.25, 0.3) is 0 Å². The summed E-state index contributed by atoms with van der Waals surface area (Å²) in [6.45, 7) is 6.14. The lowest BCUT2D eigenvalue weighted by atomic mass is 10.1. The Morgan fingerprint density at radius 2 is 2.12 bits per heavy atom. The Morgan fingerprint density at radius 3 is 2.88 bits per heavy atom. The summed E-state index contributed by atoms with van der Waals surface area (Å²) in [5.41, 5.74) is 2.66. The minimum absolute atomic E-state index is 0.874. The maximum Gasteiger partial charge on any atom is 0.203 e. The van der Waals surface area contributed by atoms with Crippen LogP contribution in [0.4, 0.5) is 5.95 Å². The molecule has 0 bridgehead atoms. The van der Waals surface area contributed by atoms with Crippen molar-refractivity contribution in [3.05, 3.63) is 47.8 Å². The van der Waals surface area contributed by atoms with Gasteiger partial charge in [-0.1, -0.05) is 31.2 Å². The molecule has 1 heterocycles. The van der Waals surface area contributed by atoms with Crippen molar-refractivity contribution >= 4 is 5.95 Å². The largest absolute Gasteiger partial charge is 0.356 e. The molecule has 0 saturated heterocycles. The third-order valence-electron chi connectivity index (χ3n) is 2.85. The second-order valence-electron chi connectivity index (χ2n) is 4.23. The van der Waals surface area contributed by atoms with Gasteiger partial charge in [-0.3, -0.25) is 0 Å².